The van der Waals surface area contributed by atoms with Crippen LogP contribution in [-0.2, 0) is 9.59 Å². The average molecular weight is 409 g/mol. The maximum absolute atomic E-state index is 12.9. The van der Waals surface area contributed by atoms with E-state index in [9.17, 15) is 9.59 Å². The predicted molar refractivity (Wildman–Crippen MR) is 113 cm³/mol. The van der Waals surface area contributed by atoms with E-state index in [-0.39, 0.29) is 5.92 Å². The maximum atomic E-state index is 12.9. The molecule has 0 bridgehead atoms. The molecule has 1 amide bonds. The van der Waals surface area contributed by atoms with Crippen molar-refractivity contribution >= 4 is 39.9 Å². The minimum atomic E-state index is -0.693. The minimum Gasteiger partial charge on any atom is -0.319 e. The van der Waals surface area contributed by atoms with Crippen molar-refractivity contribution in [1.82, 2.24) is 20.5 Å². The highest BCUT2D eigenvalue weighted by Gasteiger charge is 2.35. The molecule has 2 N–H and O–H groups in total. The van der Waals surface area contributed by atoms with Gasteiger partial charge in [-0.15, -0.1) is 0 Å². The fourth-order valence-corrected chi connectivity index (χ4v) is 4.29. The number of benzene rings is 1. The normalized spacial score (nSPS) is 17.0. The Labute approximate surface area is 173 Å². The summed E-state index contributed by atoms with van der Waals surface area (Å²) < 4.78 is 0. The summed E-state index contributed by atoms with van der Waals surface area (Å²) >= 11 is 6.33. The Hall–Kier alpha value is -2.99. The second-order valence-electron chi connectivity index (χ2n) is 7.67. The van der Waals surface area contributed by atoms with Crippen molar-refractivity contribution in [3.63, 3.8) is 0 Å². The summed E-state index contributed by atoms with van der Waals surface area (Å²) in [5, 5.41) is 11.1. The molecule has 1 aliphatic rings. The van der Waals surface area contributed by atoms with Gasteiger partial charge in [-0.3, -0.25) is 19.7 Å². The van der Waals surface area contributed by atoms with Crippen molar-refractivity contribution < 1.29 is 9.59 Å². The number of pyridine rings is 1. The van der Waals surface area contributed by atoms with Gasteiger partial charge in [-0.25, -0.2) is 0 Å². The van der Waals surface area contributed by atoms with E-state index < -0.39 is 17.6 Å². The molecule has 0 spiro atoms. The SMILES string of the molecule is Cc1ccnc(C(C)C)c1C1C=C(c2c(C)cc(Cl)c3[nH]ncc23)NC(=O)C1=O. The molecule has 7 heteroatoms. The zero-order chi connectivity index (χ0) is 20.9. The third kappa shape index (κ3) is 3.13. The van der Waals surface area contributed by atoms with E-state index in [1.807, 2.05) is 45.9 Å². The number of nitrogens with zero attached hydrogens (tertiary/aromatic N) is 2. The van der Waals surface area contributed by atoms with Crippen molar-refractivity contribution in [2.45, 2.75) is 39.5 Å². The number of hydrogen-bond donors (Lipinski definition) is 2. The number of fused-ring (bicyclic) bond motifs is 1. The van der Waals surface area contributed by atoms with Gasteiger partial charge in [0.05, 0.1) is 22.7 Å². The number of rotatable bonds is 3. The van der Waals surface area contributed by atoms with Gasteiger partial charge in [0.2, 0.25) is 5.78 Å². The van der Waals surface area contributed by atoms with Crippen molar-refractivity contribution in [2.24, 2.45) is 0 Å². The molecule has 0 radical (unpaired) electrons. The topological polar surface area (TPSA) is 87.7 Å². The van der Waals surface area contributed by atoms with E-state index in [2.05, 4.69) is 20.5 Å². The standard InChI is InChI=1S/C22H21ClN4O2/c1-10(2)19-18(11(3)5-6-24-19)13-8-16(26-22(29)21(13)28)17-12(4)7-15(23)20-14(17)9-25-27-20/h5-10,13H,1-4H3,(H,25,27)(H,26,29). The summed E-state index contributed by atoms with van der Waals surface area (Å²) in [6, 6.07) is 3.70. The van der Waals surface area contributed by atoms with Crippen molar-refractivity contribution in [1.29, 1.82) is 0 Å². The molecule has 0 saturated heterocycles. The number of halogens is 1. The molecule has 3 heterocycles. The molecule has 148 valence electrons. The van der Waals surface area contributed by atoms with E-state index in [1.54, 1.807) is 12.4 Å². The second-order valence-corrected chi connectivity index (χ2v) is 8.07. The smallest absolute Gasteiger partial charge is 0.292 e. The van der Waals surface area contributed by atoms with Gasteiger partial charge in [-0.2, -0.15) is 5.10 Å². The van der Waals surface area contributed by atoms with Gasteiger partial charge < -0.3 is 5.32 Å². The number of hydrogen-bond acceptors (Lipinski definition) is 4. The van der Waals surface area contributed by atoms with Gasteiger partial charge in [-0.1, -0.05) is 25.4 Å². The van der Waals surface area contributed by atoms with Gasteiger partial charge in [0.15, 0.2) is 0 Å². The summed E-state index contributed by atoms with van der Waals surface area (Å²) in [6.45, 7) is 7.92. The lowest BCUT2D eigenvalue weighted by molar-refractivity contribution is -0.137. The molecule has 1 aromatic carbocycles. The zero-order valence-corrected chi connectivity index (χ0v) is 17.4. The van der Waals surface area contributed by atoms with E-state index >= 15 is 0 Å². The van der Waals surface area contributed by atoms with E-state index in [0.717, 1.165) is 33.3 Å². The molecule has 4 rings (SSSR count). The Bertz CT molecular complexity index is 1190. The Morgan fingerprint density at radius 2 is 1.93 bits per heavy atom. The first-order valence-corrected chi connectivity index (χ1v) is 9.82. The van der Waals surface area contributed by atoms with Gasteiger partial charge in [-0.05, 0) is 54.7 Å². The van der Waals surface area contributed by atoms with Crippen LogP contribution in [-0.4, -0.2) is 26.9 Å². The van der Waals surface area contributed by atoms with Crippen LogP contribution in [0.25, 0.3) is 16.6 Å². The Kier molecular flexibility index (Phi) is 4.74. The van der Waals surface area contributed by atoms with Crippen molar-refractivity contribution in [2.75, 3.05) is 0 Å². The third-order valence-corrected chi connectivity index (χ3v) is 5.64. The number of Topliss-reactive ketones (excluding diaryl/α,β-unsaturated/α-hetero) is 1. The number of allylic oxidation sites excluding steroid dienone is 1. The number of H-pyrrole nitrogens is 1. The number of carbonyl (C=O) groups is 2. The average Bonchev–Trinajstić information content (AvgIpc) is 3.14. The van der Waals surface area contributed by atoms with Crippen LogP contribution in [0.3, 0.4) is 0 Å². The summed E-state index contributed by atoms with van der Waals surface area (Å²) in [5.74, 6) is -1.68. The van der Waals surface area contributed by atoms with Gasteiger partial charge in [0.1, 0.15) is 0 Å². The first-order chi connectivity index (χ1) is 13.8. The van der Waals surface area contributed by atoms with E-state index in [1.165, 1.54) is 0 Å². The Morgan fingerprint density at radius 3 is 2.66 bits per heavy atom. The number of amides is 1. The molecular formula is C22H21ClN4O2. The number of aromatic amines is 1. The summed E-state index contributed by atoms with van der Waals surface area (Å²) in [4.78, 5) is 30.0. The predicted octanol–water partition coefficient (Wildman–Crippen LogP) is 4.18. The zero-order valence-electron chi connectivity index (χ0n) is 16.6. The van der Waals surface area contributed by atoms with Crippen LogP contribution < -0.4 is 5.32 Å². The van der Waals surface area contributed by atoms with Crippen LogP contribution in [0, 0.1) is 13.8 Å². The summed E-state index contributed by atoms with van der Waals surface area (Å²) in [5.41, 5.74) is 5.53. The molecule has 0 aliphatic carbocycles. The minimum absolute atomic E-state index is 0.123. The maximum Gasteiger partial charge on any atom is 0.292 e. The molecule has 1 atom stereocenters. The molecule has 3 aromatic rings. The highest BCUT2D eigenvalue weighted by Crippen LogP contribution is 2.37. The van der Waals surface area contributed by atoms with Crippen molar-refractivity contribution in [3.8, 4) is 0 Å². The highest BCUT2D eigenvalue weighted by molar-refractivity contribution is 6.42. The van der Waals surface area contributed by atoms with Crippen LogP contribution in [0.2, 0.25) is 5.02 Å². The lowest BCUT2D eigenvalue weighted by Gasteiger charge is -2.25. The molecule has 29 heavy (non-hydrogen) atoms. The Morgan fingerprint density at radius 1 is 1.17 bits per heavy atom. The van der Waals surface area contributed by atoms with E-state index in [4.69, 9.17) is 11.6 Å². The molecule has 1 unspecified atom stereocenters. The van der Waals surface area contributed by atoms with Gasteiger partial charge in [0.25, 0.3) is 5.91 Å². The summed E-state index contributed by atoms with van der Waals surface area (Å²) in [7, 11) is 0. The number of ketones is 1. The molecular weight excluding hydrogens is 388 g/mol. The quantitative estimate of drug-likeness (QED) is 0.636. The van der Waals surface area contributed by atoms with E-state index in [0.29, 0.717) is 16.2 Å². The molecule has 0 saturated carbocycles. The van der Waals surface area contributed by atoms with Crippen LogP contribution in [0.15, 0.2) is 30.6 Å². The van der Waals surface area contributed by atoms with Crippen LogP contribution in [0.4, 0.5) is 0 Å². The van der Waals surface area contributed by atoms with Crippen LogP contribution >= 0.6 is 11.6 Å². The number of nitrogens with one attached hydrogen (secondary N) is 2. The number of carbonyl (C=O) groups excluding carboxylic acids is 2. The number of aryl methyl sites for hydroxylation is 2. The first kappa shape index (κ1) is 19.3. The lowest BCUT2D eigenvalue weighted by Crippen LogP contribution is -2.38. The second kappa shape index (κ2) is 7.12. The Balaban J connectivity index is 1.96. The largest absolute Gasteiger partial charge is 0.319 e. The van der Waals surface area contributed by atoms with Crippen molar-refractivity contribution in [3.05, 3.63) is 63.6 Å². The van der Waals surface area contributed by atoms with Gasteiger partial charge in [0, 0.05) is 28.5 Å². The fraction of sp³-hybridized carbons (Fsp3) is 0.273. The molecule has 0 fully saturated rings. The number of aromatic nitrogens is 3. The summed E-state index contributed by atoms with van der Waals surface area (Å²) in [6.07, 6.45) is 5.24. The fourth-order valence-electron chi connectivity index (χ4n) is 3.99. The monoisotopic (exact) mass is 408 g/mol. The molecule has 2 aromatic heterocycles. The van der Waals surface area contributed by atoms with Crippen LogP contribution in [0.5, 0.6) is 0 Å². The van der Waals surface area contributed by atoms with Crippen LogP contribution in [0.1, 0.15) is 53.6 Å². The molecule has 1 aliphatic heterocycles. The first-order valence-electron chi connectivity index (χ1n) is 9.44. The lowest BCUT2D eigenvalue weighted by atomic mass is 9.83. The van der Waals surface area contributed by atoms with Gasteiger partial charge >= 0.3 is 0 Å². The highest BCUT2D eigenvalue weighted by atomic mass is 35.5. The third-order valence-electron chi connectivity index (χ3n) is 5.34. The molecule has 6 nitrogen and oxygen atoms in total.